The second-order valence-electron chi connectivity index (χ2n) is 9.00. The molecule has 0 aliphatic carbocycles. The van der Waals surface area contributed by atoms with E-state index < -0.39 is 10.0 Å². The van der Waals surface area contributed by atoms with E-state index in [4.69, 9.17) is 5.10 Å². The number of fused-ring (bicyclic) bond motifs is 1. The molecule has 0 radical (unpaired) electrons. The summed E-state index contributed by atoms with van der Waals surface area (Å²) < 4.78 is 29.6. The van der Waals surface area contributed by atoms with E-state index in [1.54, 1.807) is 6.07 Å². The number of benzene rings is 3. The molecule has 35 heavy (non-hydrogen) atoms. The van der Waals surface area contributed by atoms with Gasteiger partial charge in [-0.3, -0.25) is 9.69 Å². The highest BCUT2D eigenvalue weighted by atomic mass is 32.2. The topological polar surface area (TPSA) is 75.5 Å². The number of sulfonamides is 1. The highest BCUT2D eigenvalue weighted by molar-refractivity contribution is 7.89. The van der Waals surface area contributed by atoms with E-state index in [0.29, 0.717) is 43.1 Å². The van der Waals surface area contributed by atoms with Crippen molar-refractivity contribution in [3.63, 3.8) is 0 Å². The first-order valence-electron chi connectivity index (χ1n) is 11.7. The third-order valence-electron chi connectivity index (χ3n) is 6.54. The molecule has 1 aliphatic rings. The van der Waals surface area contributed by atoms with Crippen LogP contribution in [0.4, 0.5) is 0 Å². The van der Waals surface area contributed by atoms with Crippen LogP contribution in [-0.2, 0) is 16.7 Å². The maximum Gasteiger partial charge on any atom is 0.275 e. The molecule has 8 heteroatoms. The molecule has 0 saturated carbocycles. The van der Waals surface area contributed by atoms with Gasteiger partial charge >= 0.3 is 0 Å². The van der Waals surface area contributed by atoms with Crippen molar-refractivity contribution in [2.24, 2.45) is 0 Å². The first-order valence-corrected chi connectivity index (χ1v) is 13.1. The monoisotopic (exact) mass is 488 g/mol. The number of nitrogens with zero attached hydrogens (tertiary/aromatic N) is 4. The first-order chi connectivity index (χ1) is 16.8. The number of piperazine rings is 1. The minimum Gasteiger partial charge on any atom is -0.282 e. The summed E-state index contributed by atoms with van der Waals surface area (Å²) in [6, 6.07) is 22.9. The number of aromatic nitrogens is 2. The van der Waals surface area contributed by atoms with Crippen molar-refractivity contribution in [3.05, 3.63) is 94.3 Å². The Balaban J connectivity index is 1.39. The Morgan fingerprint density at radius 3 is 2.20 bits per heavy atom. The van der Waals surface area contributed by atoms with Crippen molar-refractivity contribution in [2.75, 3.05) is 26.2 Å². The van der Waals surface area contributed by atoms with Crippen LogP contribution in [0, 0.1) is 13.8 Å². The SMILES string of the molecule is Cc1ccc(C)c(S(=O)(=O)N2CCN(Cn3nc(-c4ccccc4)c4ccccc4c3=O)CC2)c1. The maximum absolute atomic E-state index is 13.3. The lowest BCUT2D eigenvalue weighted by atomic mass is 10.1. The molecular formula is C27H28N4O3S. The summed E-state index contributed by atoms with van der Waals surface area (Å²) in [5.41, 5.74) is 3.23. The lowest BCUT2D eigenvalue weighted by molar-refractivity contribution is 0.143. The molecule has 3 aromatic carbocycles. The summed E-state index contributed by atoms with van der Waals surface area (Å²) in [5.74, 6) is 0. The van der Waals surface area contributed by atoms with Crippen molar-refractivity contribution < 1.29 is 8.42 Å². The molecule has 7 nitrogen and oxygen atoms in total. The Labute approximate surface area is 205 Å². The molecule has 1 aliphatic heterocycles. The van der Waals surface area contributed by atoms with Crippen molar-refractivity contribution in [1.29, 1.82) is 0 Å². The molecule has 5 rings (SSSR count). The van der Waals surface area contributed by atoms with Crippen molar-refractivity contribution in [3.8, 4) is 11.3 Å². The number of hydrogen-bond acceptors (Lipinski definition) is 5. The van der Waals surface area contributed by atoms with Crippen LogP contribution < -0.4 is 5.56 Å². The van der Waals surface area contributed by atoms with E-state index in [2.05, 4.69) is 4.90 Å². The van der Waals surface area contributed by atoms with Crippen LogP contribution in [0.5, 0.6) is 0 Å². The van der Waals surface area contributed by atoms with Crippen LogP contribution in [0.15, 0.2) is 82.5 Å². The van der Waals surface area contributed by atoms with Crippen molar-refractivity contribution >= 4 is 20.8 Å². The number of rotatable bonds is 5. The van der Waals surface area contributed by atoms with E-state index in [1.165, 1.54) is 8.99 Å². The molecule has 1 aromatic heterocycles. The molecule has 2 heterocycles. The summed E-state index contributed by atoms with van der Waals surface area (Å²) in [4.78, 5) is 15.7. The average Bonchev–Trinajstić information content (AvgIpc) is 2.88. The summed E-state index contributed by atoms with van der Waals surface area (Å²) in [6.07, 6.45) is 0. The predicted octanol–water partition coefficient (Wildman–Crippen LogP) is 3.64. The number of aryl methyl sites for hydroxylation is 2. The lowest BCUT2D eigenvalue weighted by Crippen LogP contribution is -2.50. The van der Waals surface area contributed by atoms with Gasteiger partial charge in [0.05, 0.1) is 22.6 Å². The van der Waals surface area contributed by atoms with Gasteiger partial charge in [0, 0.05) is 37.1 Å². The molecule has 180 valence electrons. The highest BCUT2D eigenvalue weighted by Gasteiger charge is 2.30. The zero-order valence-electron chi connectivity index (χ0n) is 19.9. The smallest absolute Gasteiger partial charge is 0.275 e. The van der Waals surface area contributed by atoms with Crippen LogP contribution in [0.3, 0.4) is 0 Å². The molecule has 1 fully saturated rings. The van der Waals surface area contributed by atoms with Crippen LogP contribution in [0.1, 0.15) is 11.1 Å². The fraction of sp³-hybridized carbons (Fsp3) is 0.259. The third-order valence-corrected chi connectivity index (χ3v) is 8.58. The molecule has 0 unspecified atom stereocenters. The zero-order valence-corrected chi connectivity index (χ0v) is 20.7. The Bertz CT molecular complexity index is 1540. The Morgan fingerprint density at radius 1 is 0.829 bits per heavy atom. The van der Waals surface area contributed by atoms with Crippen LogP contribution >= 0.6 is 0 Å². The molecule has 4 aromatic rings. The lowest BCUT2D eigenvalue weighted by Gasteiger charge is -2.34. The van der Waals surface area contributed by atoms with Crippen LogP contribution in [0.25, 0.3) is 22.0 Å². The summed E-state index contributed by atoms with van der Waals surface area (Å²) >= 11 is 0. The summed E-state index contributed by atoms with van der Waals surface area (Å²) in [6.45, 7) is 5.80. The fourth-order valence-electron chi connectivity index (χ4n) is 4.57. The Morgan fingerprint density at radius 2 is 1.49 bits per heavy atom. The minimum absolute atomic E-state index is 0.147. The van der Waals surface area contributed by atoms with E-state index in [9.17, 15) is 13.2 Å². The molecule has 0 bridgehead atoms. The third kappa shape index (κ3) is 4.52. The second-order valence-corrected chi connectivity index (χ2v) is 10.9. The van der Waals surface area contributed by atoms with E-state index in [0.717, 1.165) is 27.8 Å². The summed E-state index contributed by atoms with van der Waals surface area (Å²) in [7, 11) is -3.57. The van der Waals surface area contributed by atoms with E-state index in [-0.39, 0.29) is 5.56 Å². The van der Waals surface area contributed by atoms with E-state index >= 15 is 0 Å². The molecule has 1 saturated heterocycles. The van der Waals surface area contributed by atoms with Gasteiger partial charge in [-0.1, -0.05) is 60.7 Å². The maximum atomic E-state index is 13.3. The normalized spacial score (nSPS) is 15.5. The van der Waals surface area contributed by atoms with E-state index in [1.807, 2.05) is 80.6 Å². The van der Waals surface area contributed by atoms with Gasteiger partial charge < -0.3 is 0 Å². The number of hydrogen-bond donors (Lipinski definition) is 0. The van der Waals surface area contributed by atoms with Gasteiger partial charge in [-0.15, -0.1) is 0 Å². The molecule has 0 spiro atoms. The Kier molecular flexibility index (Phi) is 6.27. The highest BCUT2D eigenvalue weighted by Crippen LogP contribution is 2.25. The van der Waals surface area contributed by atoms with Gasteiger partial charge in [-0.05, 0) is 37.1 Å². The van der Waals surface area contributed by atoms with Gasteiger partial charge in [-0.2, -0.15) is 9.40 Å². The van der Waals surface area contributed by atoms with Crippen LogP contribution in [0.2, 0.25) is 0 Å². The summed E-state index contributed by atoms with van der Waals surface area (Å²) in [5, 5.41) is 6.18. The fourth-order valence-corrected chi connectivity index (χ4v) is 6.30. The second kappa shape index (κ2) is 9.37. The first kappa shape index (κ1) is 23.4. The standard InChI is InChI=1S/C27H28N4O3S/c1-20-12-13-21(2)25(18-20)35(33,34)30-16-14-29(15-17-30)19-31-27(32)24-11-7-6-10-23(24)26(28-31)22-8-4-3-5-9-22/h3-13,18H,14-17,19H2,1-2H3. The van der Waals surface area contributed by atoms with Gasteiger partial charge in [0.2, 0.25) is 10.0 Å². The molecular weight excluding hydrogens is 460 g/mol. The van der Waals surface area contributed by atoms with Gasteiger partial charge in [0.25, 0.3) is 5.56 Å². The molecule has 0 atom stereocenters. The van der Waals surface area contributed by atoms with Crippen LogP contribution in [-0.4, -0.2) is 53.6 Å². The van der Waals surface area contributed by atoms with Gasteiger partial charge in [-0.25, -0.2) is 13.1 Å². The zero-order chi connectivity index (χ0) is 24.6. The van der Waals surface area contributed by atoms with Crippen molar-refractivity contribution in [1.82, 2.24) is 19.0 Å². The van der Waals surface area contributed by atoms with Gasteiger partial charge in [0.15, 0.2) is 0 Å². The molecule has 0 N–H and O–H groups in total. The van der Waals surface area contributed by atoms with Crippen molar-refractivity contribution in [2.45, 2.75) is 25.4 Å². The molecule has 0 amide bonds. The predicted molar refractivity (Wildman–Crippen MR) is 138 cm³/mol. The quantitative estimate of drug-likeness (QED) is 0.429. The minimum atomic E-state index is -3.57. The average molecular weight is 489 g/mol. The largest absolute Gasteiger partial charge is 0.282 e. The Hall–Kier alpha value is -3.33. The van der Waals surface area contributed by atoms with Gasteiger partial charge in [0.1, 0.15) is 0 Å².